The number of aliphatic hydroxyl groups excluding tert-OH is 2. The van der Waals surface area contributed by atoms with Gasteiger partial charge in [0.1, 0.15) is 24.4 Å². The summed E-state index contributed by atoms with van der Waals surface area (Å²) in [6.07, 6.45) is -8.90. The van der Waals surface area contributed by atoms with Gasteiger partial charge in [0.05, 0.1) is 67.1 Å². The standard InChI is InChI=1S/C66H104O25/c1-33-21-20-22-48(71)51(77-17)29-53(88-63(73)37(5)27-35(3)25-34(2)26-36(4)49(24-23-33)89-64-60(85-45(13)69)59(84-44(12)68)58(79-19)41(9)82-64)62(86-46(14)70)66(75)39(7)56(72)38(6)50(91-66)28-47(32-76-16)87-55-31-65(15,74)61(42(10)81-55)90-54-30-52(78-18)57(40(8)80-54)83-43(11)67/h21,23-27,36,38-42,47-62,64,71-72,74-75H,20,22,28-32H2,1-19H3/b24-23+,33-21+,34-26+,35-25+,37-27+/t36-,38+,39-,40-,41+,42+,47-,48+,49-,50-,51+,52-,53+,54+,55+,56+,57-,58+,59-,60+,61+,62-,64+,65+,66-/m1/s1. The molecule has 5 aliphatic rings. The maximum absolute atomic E-state index is 14.5. The Balaban J connectivity index is 1.44. The lowest BCUT2D eigenvalue weighted by molar-refractivity contribution is -0.366. The van der Waals surface area contributed by atoms with Gasteiger partial charge in [-0.25, -0.2) is 4.79 Å². The molecule has 25 nitrogen and oxygen atoms in total. The van der Waals surface area contributed by atoms with Gasteiger partial charge in [-0.3, -0.25) is 19.2 Å². The lowest BCUT2D eigenvalue weighted by Gasteiger charge is -2.52. The topological polar surface area (TPSA) is 314 Å². The largest absolute Gasteiger partial charge is 0.457 e. The minimum absolute atomic E-state index is 0.0390. The van der Waals surface area contributed by atoms with Gasteiger partial charge in [-0.1, -0.05) is 67.9 Å². The summed E-state index contributed by atoms with van der Waals surface area (Å²) >= 11 is 0. The number of carbonyl (C=O) groups is 5. The Bertz CT molecular complexity index is 2560. The van der Waals surface area contributed by atoms with Crippen LogP contribution in [0.15, 0.2) is 58.7 Å². The molecule has 4 saturated heterocycles. The van der Waals surface area contributed by atoms with E-state index in [0.29, 0.717) is 12.0 Å². The van der Waals surface area contributed by atoms with Crippen LogP contribution < -0.4 is 0 Å². The molecule has 0 aromatic carbocycles. The number of aliphatic hydroxyl groups is 4. The summed E-state index contributed by atoms with van der Waals surface area (Å²) in [5.74, 6) is -8.38. The number of carbonyl (C=O) groups excluding carboxylic acids is 5. The Hall–Kier alpha value is -4.55. The Labute approximate surface area is 536 Å². The van der Waals surface area contributed by atoms with E-state index >= 15 is 0 Å². The van der Waals surface area contributed by atoms with Gasteiger partial charge in [-0.05, 0) is 74.3 Å². The molecule has 0 aliphatic carbocycles. The predicted molar refractivity (Wildman–Crippen MR) is 326 cm³/mol. The van der Waals surface area contributed by atoms with E-state index in [2.05, 4.69) is 0 Å². The van der Waals surface area contributed by atoms with E-state index in [0.717, 1.165) is 18.1 Å². The van der Waals surface area contributed by atoms with E-state index in [1.807, 2.05) is 51.2 Å². The van der Waals surface area contributed by atoms with E-state index in [-0.39, 0.29) is 50.2 Å². The molecule has 5 heterocycles. The number of cyclic esters (lactones) is 1. The maximum Gasteiger partial charge on any atom is 0.334 e. The van der Waals surface area contributed by atoms with Crippen LogP contribution >= 0.6 is 0 Å². The van der Waals surface area contributed by atoms with Gasteiger partial charge in [-0.2, -0.15) is 0 Å². The molecule has 0 saturated carbocycles. The zero-order valence-electron chi connectivity index (χ0n) is 56.6. The Morgan fingerprint density at radius 2 is 1.32 bits per heavy atom. The SMILES string of the molecule is COC[C@@H](C[C@H]1O[C@@](O)([C@H](OC(C)=O)[C@@H]2C[C@H](OC)[C@@H](O)CC/C=C(C)/C=C/[C@@H](O[C@@H]3O[C@@H](C)[C@H](OC)[C@@H](OC(C)=O)[C@@H]3OC(C)=O)[C@H](C)/C=C(C)/C=C(C)/C=C(\C)C(=O)O2)[C@H](C)[C@@H](O)[C@H]1C)O[C@H]1C[C@](C)(O)[C@@H](O[C@H]2C[C@@H](OC)[C@H](OC(C)=O)[C@@H](C)O2)[C@H](C)O1. The number of hydrogen-bond acceptors (Lipinski definition) is 25. The van der Waals surface area contributed by atoms with Crippen LogP contribution in [-0.4, -0.2) is 219 Å². The van der Waals surface area contributed by atoms with Crippen LogP contribution in [0.3, 0.4) is 0 Å². The average Bonchev–Trinajstić information content (AvgIpc) is 0.774. The minimum Gasteiger partial charge on any atom is -0.457 e. The third kappa shape index (κ3) is 21.2. The molecule has 518 valence electrons. The number of esters is 5. The van der Waals surface area contributed by atoms with Crippen molar-refractivity contribution in [3.05, 3.63) is 58.7 Å². The van der Waals surface area contributed by atoms with Crippen molar-refractivity contribution in [1.82, 2.24) is 0 Å². The highest BCUT2D eigenvalue weighted by atomic mass is 16.7. The van der Waals surface area contributed by atoms with Crippen LogP contribution in [0.4, 0.5) is 0 Å². The molecule has 0 bridgehead atoms. The first-order valence-electron chi connectivity index (χ1n) is 31.5. The molecule has 0 spiro atoms. The number of rotatable bonds is 19. The second-order valence-electron chi connectivity index (χ2n) is 25.3. The average molecular weight is 1300 g/mol. The van der Waals surface area contributed by atoms with Crippen LogP contribution in [0.2, 0.25) is 0 Å². The highest BCUT2D eigenvalue weighted by Crippen LogP contribution is 2.44. The van der Waals surface area contributed by atoms with Crippen molar-refractivity contribution in [3.63, 3.8) is 0 Å². The van der Waals surface area contributed by atoms with Gasteiger partial charge in [0.15, 0.2) is 43.3 Å². The van der Waals surface area contributed by atoms with Crippen molar-refractivity contribution in [2.24, 2.45) is 17.8 Å². The molecule has 5 rings (SSSR count). The summed E-state index contributed by atoms with van der Waals surface area (Å²) in [6.45, 7) is 23.8. The highest BCUT2D eigenvalue weighted by Gasteiger charge is 2.60. The smallest absolute Gasteiger partial charge is 0.334 e. The molecule has 25 heteroatoms. The molecular formula is C66H104O25. The van der Waals surface area contributed by atoms with Crippen molar-refractivity contribution < 1.29 is 120 Å². The molecule has 0 radical (unpaired) electrons. The monoisotopic (exact) mass is 1300 g/mol. The van der Waals surface area contributed by atoms with Crippen LogP contribution in [0.1, 0.15) is 142 Å². The van der Waals surface area contributed by atoms with Crippen LogP contribution in [0, 0.1) is 17.8 Å². The molecule has 25 atom stereocenters. The van der Waals surface area contributed by atoms with Crippen LogP contribution in [0.5, 0.6) is 0 Å². The lowest BCUT2D eigenvalue weighted by atomic mass is 9.76. The number of hydrogen-bond donors (Lipinski definition) is 4. The Morgan fingerprint density at radius 1 is 0.703 bits per heavy atom. The van der Waals surface area contributed by atoms with E-state index in [4.69, 9.17) is 75.8 Å². The fourth-order valence-electron chi connectivity index (χ4n) is 12.9. The molecule has 0 aromatic heterocycles. The van der Waals surface area contributed by atoms with Crippen molar-refractivity contribution in [1.29, 1.82) is 0 Å². The molecular weight excluding hydrogens is 1190 g/mol. The molecule has 4 N–H and O–H groups in total. The molecule has 0 unspecified atom stereocenters. The first kappa shape index (κ1) is 77.2. The van der Waals surface area contributed by atoms with Crippen molar-refractivity contribution in [2.75, 3.05) is 35.0 Å². The number of methoxy groups -OCH3 is 4. The fourth-order valence-corrected chi connectivity index (χ4v) is 12.9. The number of ether oxygens (including phenoxy) is 16. The summed E-state index contributed by atoms with van der Waals surface area (Å²) in [5, 5.41) is 49.1. The fraction of sp³-hybridized carbons (Fsp3) is 0.773. The summed E-state index contributed by atoms with van der Waals surface area (Å²) < 4.78 is 96.9. The lowest BCUT2D eigenvalue weighted by Crippen LogP contribution is -2.66. The zero-order valence-corrected chi connectivity index (χ0v) is 56.6. The van der Waals surface area contributed by atoms with Crippen molar-refractivity contribution in [3.8, 4) is 0 Å². The van der Waals surface area contributed by atoms with E-state index in [1.165, 1.54) is 63.1 Å². The summed E-state index contributed by atoms with van der Waals surface area (Å²) in [6, 6.07) is 0. The third-order valence-corrected chi connectivity index (χ3v) is 17.5. The van der Waals surface area contributed by atoms with Gasteiger partial charge in [0.25, 0.3) is 0 Å². The minimum atomic E-state index is -2.58. The summed E-state index contributed by atoms with van der Waals surface area (Å²) in [7, 11) is 5.76. The summed E-state index contributed by atoms with van der Waals surface area (Å²) in [5.41, 5.74) is 0.716. The highest BCUT2D eigenvalue weighted by molar-refractivity contribution is 5.88. The Morgan fingerprint density at radius 3 is 1.91 bits per heavy atom. The third-order valence-electron chi connectivity index (χ3n) is 17.5. The van der Waals surface area contributed by atoms with Crippen molar-refractivity contribution >= 4 is 29.8 Å². The van der Waals surface area contributed by atoms with Crippen LogP contribution in [-0.2, 0) is 99.8 Å². The van der Waals surface area contributed by atoms with E-state index in [1.54, 1.807) is 47.6 Å². The van der Waals surface area contributed by atoms with Gasteiger partial charge in [0.2, 0.25) is 5.79 Å². The quantitative estimate of drug-likeness (QED) is 0.0868. The van der Waals surface area contributed by atoms with Gasteiger partial charge in [-0.15, -0.1) is 0 Å². The predicted octanol–water partition coefficient (Wildman–Crippen LogP) is 5.87. The first-order chi connectivity index (χ1) is 42.7. The zero-order chi connectivity index (χ0) is 68.0. The normalized spacial score (nSPS) is 41.7. The van der Waals surface area contributed by atoms with Crippen LogP contribution in [0.25, 0.3) is 0 Å². The molecule has 5 aliphatic heterocycles. The van der Waals surface area contributed by atoms with E-state index in [9.17, 15) is 44.4 Å². The van der Waals surface area contributed by atoms with Gasteiger partial charge in [0, 0.05) is 105 Å². The van der Waals surface area contributed by atoms with Gasteiger partial charge < -0.3 is 96.2 Å². The summed E-state index contributed by atoms with van der Waals surface area (Å²) in [4.78, 5) is 64.6. The van der Waals surface area contributed by atoms with Gasteiger partial charge >= 0.3 is 29.8 Å². The molecule has 0 amide bonds. The second-order valence-corrected chi connectivity index (χ2v) is 25.3. The molecule has 91 heavy (non-hydrogen) atoms. The first-order valence-corrected chi connectivity index (χ1v) is 31.5. The maximum atomic E-state index is 14.5. The molecule has 4 fully saturated rings. The number of allylic oxidation sites excluding steroid dienone is 7. The van der Waals surface area contributed by atoms with E-state index < -0.39 is 176 Å². The van der Waals surface area contributed by atoms with Crippen molar-refractivity contribution in [2.45, 2.75) is 276 Å². The Kier molecular flexibility index (Phi) is 29.5. The second kappa shape index (κ2) is 34.7. The molecule has 0 aromatic rings.